The summed E-state index contributed by atoms with van der Waals surface area (Å²) in [6.07, 6.45) is 7.64. The van der Waals surface area contributed by atoms with Crippen molar-refractivity contribution < 1.29 is 14.0 Å². The number of hydrogen-bond acceptors (Lipinski definition) is 7. The van der Waals surface area contributed by atoms with Crippen LogP contribution in [0.25, 0.3) is 11.5 Å². The molecule has 0 aliphatic heterocycles. The lowest BCUT2D eigenvalue weighted by Gasteiger charge is -2.17. The first-order valence-corrected chi connectivity index (χ1v) is 8.99. The third kappa shape index (κ3) is 3.98. The van der Waals surface area contributed by atoms with Crippen LogP contribution in [0, 0.1) is 0 Å². The Kier molecular flexibility index (Phi) is 5.90. The van der Waals surface area contributed by atoms with Crippen LogP contribution in [0.15, 0.2) is 35.1 Å². The highest BCUT2D eigenvalue weighted by atomic mass is 35.5. The van der Waals surface area contributed by atoms with Crippen molar-refractivity contribution in [2.75, 3.05) is 7.11 Å². The van der Waals surface area contributed by atoms with Gasteiger partial charge in [-0.15, -0.1) is 12.4 Å². The second-order valence-corrected chi connectivity index (χ2v) is 6.96. The lowest BCUT2D eigenvalue weighted by molar-refractivity contribution is 0.284. The summed E-state index contributed by atoms with van der Waals surface area (Å²) in [5.74, 6) is 2.24. The van der Waals surface area contributed by atoms with E-state index in [-0.39, 0.29) is 12.4 Å². The van der Waals surface area contributed by atoms with Gasteiger partial charge in [0.15, 0.2) is 17.3 Å². The number of nitrogens with zero attached hydrogens (tertiary/aromatic N) is 4. The van der Waals surface area contributed by atoms with Gasteiger partial charge in [0.05, 0.1) is 18.8 Å². The zero-order valence-electron chi connectivity index (χ0n) is 15.9. The summed E-state index contributed by atoms with van der Waals surface area (Å²) < 4.78 is 18.5. The minimum Gasteiger partial charge on any atom is -0.493 e. The number of benzene rings is 1. The second kappa shape index (κ2) is 8.20. The Morgan fingerprint density at radius 1 is 1.25 bits per heavy atom. The fourth-order valence-electron chi connectivity index (χ4n) is 3.40. The molecule has 0 radical (unpaired) electrons. The highest BCUT2D eigenvalue weighted by Crippen LogP contribution is 2.37. The molecule has 0 unspecified atom stereocenters. The quantitative estimate of drug-likeness (QED) is 0.671. The monoisotopic (exact) mass is 405 g/mol. The van der Waals surface area contributed by atoms with Gasteiger partial charge in [0.25, 0.3) is 5.89 Å². The molecule has 0 atom stereocenters. The summed E-state index contributed by atoms with van der Waals surface area (Å²) in [4.78, 5) is 4.53. The standard InChI is InChI=1S/C19H23N5O3.ClH/c1-24-11-13(10-21-24)12-26-15-6-5-14(9-16(15)25-2)17-22-18(23-27-17)19(20)7-3-4-8-19;/h5-6,9-11H,3-4,7-8,12,20H2,1-2H3;1H. The smallest absolute Gasteiger partial charge is 0.258 e. The molecule has 3 aromatic rings. The van der Waals surface area contributed by atoms with Crippen LogP contribution in [0.3, 0.4) is 0 Å². The van der Waals surface area contributed by atoms with Crippen LogP contribution >= 0.6 is 12.4 Å². The molecule has 0 amide bonds. The van der Waals surface area contributed by atoms with Gasteiger partial charge in [-0.1, -0.05) is 18.0 Å². The summed E-state index contributed by atoms with van der Waals surface area (Å²) in [6.45, 7) is 0.407. The largest absolute Gasteiger partial charge is 0.493 e. The van der Waals surface area contributed by atoms with Crippen LogP contribution in [0.5, 0.6) is 11.5 Å². The van der Waals surface area contributed by atoms with Gasteiger partial charge >= 0.3 is 0 Å². The van der Waals surface area contributed by atoms with Gasteiger partial charge in [0.2, 0.25) is 0 Å². The SMILES string of the molecule is COc1cc(-c2nc(C3(N)CCCC3)no2)ccc1OCc1cnn(C)c1.Cl. The maximum Gasteiger partial charge on any atom is 0.258 e. The minimum atomic E-state index is -0.474. The molecule has 8 nitrogen and oxygen atoms in total. The summed E-state index contributed by atoms with van der Waals surface area (Å²) >= 11 is 0. The minimum absolute atomic E-state index is 0. The zero-order chi connectivity index (χ0) is 18.9. The summed E-state index contributed by atoms with van der Waals surface area (Å²) in [5, 5.41) is 8.24. The van der Waals surface area contributed by atoms with Crippen molar-refractivity contribution in [1.29, 1.82) is 0 Å². The topological polar surface area (TPSA) is 101 Å². The van der Waals surface area contributed by atoms with Crippen molar-refractivity contribution in [2.24, 2.45) is 12.8 Å². The number of ether oxygens (including phenoxy) is 2. The Labute approximate surface area is 169 Å². The van der Waals surface area contributed by atoms with E-state index in [9.17, 15) is 0 Å². The fraction of sp³-hybridized carbons (Fsp3) is 0.421. The molecule has 2 aromatic heterocycles. The predicted molar refractivity (Wildman–Crippen MR) is 105 cm³/mol. The molecule has 2 N–H and O–H groups in total. The molecule has 1 aliphatic carbocycles. The summed E-state index contributed by atoms with van der Waals surface area (Å²) in [7, 11) is 3.47. The van der Waals surface area contributed by atoms with E-state index >= 15 is 0 Å². The highest BCUT2D eigenvalue weighted by molar-refractivity contribution is 5.85. The van der Waals surface area contributed by atoms with Gasteiger partial charge in [-0.25, -0.2) is 0 Å². The van der Waals surface area contributed by atoms with Crippen molar-refractivity contribution in [2.45, 2.75) is 37.8 Å². The van der Waals surface area contributed by atoms with Crippen LogP contribution < -0.4 is 15.2 Å². The van der Waals surface area contributed by atoms with Crippen molar-refractivity contribution in [3.8, 4) is 23.0 Å². The molecule has 1 aliphatic rings. The van der Waals surface area contributed by atoms with Crippen molar-refractivity contribution in [3.05, 3.63) is 42.0 Å². The summed E-state index contributed by atoms with van der Waals surface area (Å²) in [6, 6.07) is 5.53. The number of nitrogens with two attached hydrogens (primary N) is 1. The predicted octanol–water partition coefficient (Wildman–Crippen LogP) is 3.21. The second-order valence-electron chi connectivity index (χ2n) is 6.96. The van der Waals surface area contributed by atoms with Gasteiger partial charge in [-0.2, -0.15) is 10.1 Å². The van der Waals surface area contributed by atoms with Crippen LogP contribution in [0.4, 0.5) is 0 Å². The molecule has 1 saturated carbocycles. The molecule has 9 heteroatoms. The molecule has 150 valence electrons. The molecule has 1 aromatic carbocycles. The number of aryl methyl sites for hydroxylation is 1. The number of aromatic nitrogens is 4. The van der Waals surface area contributed by atoms with E-state index in [0.717, 1.165) is 36.8 Å². The Morgan fingerprint density at radius 3 is 2.71 bits per heavy atom. The number of halogens is 1. The molecule has 0 bridgehead atoms. The van der Waals surface area contributed by atoms with Gasteiger partial charge in [0.1, 0.15) is 6.61 Å². The van der Waals surface area contributed by atoms with Gasteiger partial charge in [-0.3, -0.25) is 4.68 Å². The van der Waals surface area contributed by atoms with Crippen molar-refractivity contribution in [1.82, 2.24) is 19.9 Å². The molecule has 1 fully saturated rings. The average Bonchev–Trinajstić information content (AvgIpc) is 3.41. The lowest BCUT2D eigenvalue weighted by Crippen LogP contribution is -2.34. The molecular formula is C19H24ClN5O3. The van der Waals surface area contributed by atoms with E-state index < -0.39 is 5.54 Å². The van der Waals surface area contributed by atoms with Crippen molar-refractivity contribution in [3.63, 3.8) is 0 Å². The average molecular weight is 406 g/mol. The molecule has 0 spiro atoms. The van der Waals surface area contributed by atoms with Crippen LogP contribution in [0.1, 0.15) is 37.1 Å². The molecule has 2 heterocycles. The van der Waals surface area contributed by atoms with E-state index in [1.807, 2.05) is 31.4 Å². The molecular weight excluding hydrogens is 382 g/mol. The van der Waals surface area contributed by atoms with Gasteiger partial charge in [-0.05, 0) is 31.0 Å². The van der Waals surface area contributed by atoms with Crippen molar-refractivity contribution >= 4 is 12.4 Å². The first-order valence-electron chi connectivity index (χ1n) is 8.99. The molecule has 28 heavy (non-hydrogen) atoms. The first-order chi connectivity index (χ1) is 13.1. The maximum absolute atomic E-state index is 6.41. The van der Waals surface area contributed by atoms with E-state index in [2.05, 4.69) is 15.2 Å². The van der Waals surface area contributed by atoms with E-state index in [4.69, 9.17) is 19.7 Å². The molecule has 4 rings (SSSR count). The third-order valence-electron chi connectivity index (χ3n) is 4.93. The summed E-state index contributed by atoms with van der Waals surface area (Å²) in [5.41, 5.74) is 7.68. The third-order valence-corrected chi connectivity index (χ3v) is 4.93. The first kappa shape index (κ1) is 20.2. The fourth-order valence-corrected chi connectivity index (χ4v) is 3.40. The van der Waals surface area contributed by atoms with Gasteiger partial charge in [0, 0.05) is 24.4 Å². The molecule has 0 saturated heterocycles. The van der Waals surface area contributed by atoms with Crippen LogP contribution in [-0.4, -0.2) is 27.0 Å². The Morgan fingerprint density at radius 2 is 2.04 bits per heavy atom. The lowest BCUT2D eigenvalue weighted by atomic mass is 9.99. The van der Waals surface area contributed by atoms with Gasteiger partial charge < -0.3 is 19.7 Å². The number of rotatable bonds is 6. The maximum atomic E-state index is 6.41. The zero-order valence-corrected chi connectivity index (χ0v) is 16.7. The Bertz CT molecular complexity index is 933. The van der Waals surface area contributed by atoms with E-state index in [1.54, 1.807) is 18.0 Å². The van der Waals surface area contributed by atoms with Crippen LogP contribution in [-0.2, 0) is 19.2 Å². The Hall–Kier alpha value is -2.58. The Balaban J connectivity index is 0.00000225. The van der Waals surface area contributed by atoms with E-state index in [1.165, 1.54) is 0 Å². The number of hydrogen-bond donors (Lipinski definition) is 1. The van der Waals surface area contributed by atoms with Crippen LogP contribution in [0.2, 0.25) is 0 Å². The normalized spacial score (nSPS) is 15.2. The van der Waals surface area contributed by atoms with E-state index in [0.29, 0.717) is 29.8 Å². The number of methoxy groups -OCH3 is 1. The highest BCUT2D eigenvalue weighted by Gasteiger charge is 2.36.